The quantitative estimate of drug-likeness (QED) is 0.616. The van der Waals surface area contributed by atoms with Gasteiger partial charge >= 0.3 is 0 Å². The lowest BCUT2D eigenvalue weighted by Crippen LogP contribution is -2.11. The molecule has 1 fully saturated rings. The van der Waals surface area contributed by atoms with E-state index in [1.807, 2.05) is 12.1 Å². The third kappa shape index (κ3) is 4.33. The maximum Gasteiger partial charge on any atom is 0.123 e. The Bertz CT molecular complexity index is 649. The zero-order valence-corrected chi connectivity index (χ0v) is 14.2. The van der Waals surface area contributed by atoms with E-state index in [1.54, 1.807) is 7.11 Å². The topological polar surface area (TPSA) is 9.23 Å². The summed E-state index contributed by atoms with van der Waals surface area (Å²) in [4.78, 5) is 0. The highest BCUT2D eigenvalue weighted by atomic mass is 19.1. The van der Waals surface area contributed by atoms with Gasteiger partial charge in [0, 0.05) is 7.11 Å². The van der Waals surface area contributed by atoms with Crippen LogP contribution in [0.2, 0.25) is 0 Å². The Morgan fingerprint density at radius 2 is 1.50 bits per heavy atom. The van der Waals surface area contributed by atoms with Gasteiger partial charge in [0.25, 0.3) is 0 Å². The van der Waals surface area contributed by atoms with Gasteiger partial charge in [0.1, 0.15) is 5.82 Å². The maximum atomic E-state index is 13.0. The van der Waals surface area contributed by atoms with Crippen LogP contribution in [-0.2, 0) is 4.74 Å². The minimum atomic E-state index is -0.188. The van der Waals surface area contributed by atoms with Crippen LogP contribution in [0.1, 0.15) is 37.2 Å². The van der Waals surface area contributed by atoms with E-state index >= 15 is 0 Å². The molecule has 0 atom stereocenters. The van der Waals surface area contributed by atoms with Crippen LogP contribution in [0.15, 0.2) is 60.7 Å². The predicted octanol–water partition coefficient (Wildman–Crippen LogP) is 5.97. The summed E-state index contributed by atoms with van der Waals surface area (Å²) in [5.74, 6) is 1.18. The van der Waals surface area contributed by atoms with Crippen molar-refractivity contribution in [3.8, 4) is 11.1 Å². The SMILES string of the molecule is COCC=CC1CCC(c2ccc(-c3ccc(F)cc3)cc2)CC1. The van der Waals surface area contributed by atoms with Crippen LogP contribution in [0, 0.1) is 11.7 Å². The first-order valence-electron chi connectivity index (χ1n) is 8.78. The van der Waals surface area contributed by atoms with E-state index < -0.39 is 0 Å². The fourth-order valence-electron chi connectivity index (χ4n) is 3.58. The van der Waals surface area contributed by atoms with E-state index in [1.165, 1.54) is 43.4 Å². The highest BCUT2D eigenvalue weighted by molar-refractivity contribution is 5.63. The van der Waals surface area contributed by atoms with Crippen molar-refractivity contribution in [2.24, 2.45) is 5.92 Å². The molecule has 0 radical (unpaired) electrons. The van der Waals surface area contributed by atoms with Gasteiger partial charge in [0.05, 0.1) is 6.61 Å². The minimum Gasteiger partial charge on any atom is -0.381 e. The summed E-state index contributed by atoms with van der Waals surface area (Å²) < 4.78 is 18.1. The Hall–Kier alpha value is -1.93. The van der Waals surface area contributed by atoms with Crippen LogP contribution in [0.25, 0.3) is 11.1 Å². The van der Waals surface area contributed by atoms with E-state index in [2.05, 4.69) is 36.4 Å². The molecule has 0 spiro atoms. The smallest absolute Gasteiger partial charge is 0.123 e. The molecule has 0 bridgehead atoms. The minimum absolute atomic E-state index is 0.188. The molecule has 1 nitrogen and oxygen atoms in total. The third-order valence-electron chi connectivity index (χ3n) is 5.00. The number of halogens is 1. The largest absolute Gasteiger partial charge is 0.381 e. The van der Waals surface area contributed by atoms with Gasteiger partial charge in [-0.3, -0.25) is 0 Å². The van der Waals surface area contributed by atoms with Crippen LogP contribution in [-0.4, -0.2) is 13.7 Å². The van der Waals surface area contributed by atoms with Crippen molar-refractivity contribution in [2.75, 3.05) is 13.7 Å². The average molecular weight is 324 g/mol. The van der Waals surface area contributed by atoms with Gasteiger partial charge in [-0.2, -0.15) is 0 Å². The average Bonchev–Trinajstić information content (AvgIpc) is 2.63. The molecule has 0 unspecified atom stereocenters. The molecule has 3 rings (SSSR count). The number of allylic oxidation sites excluding steroid dienone is 1. The maximum absolute atomic E-state index is 13.0. The lowest BCUT2D eigenvalue weighted by Gasteiger charge is -2.27. The Kier molecular flexibility index (Phi) is 5.81. The monoisotopic (exact) mass is 324 g/mol. The van der Waals surface area contributed by atoms with Crippen molar-refractivity contribution >= 4 is 0 Å². The Morgan fingerprint density at radius 1 is 0.917 bits per heavy atom. The van der Waals surface area contributed by atoms with Crippen LogP contribution in [0.5, 0.6) is 0 Å². The predicted molar refractivity (Wildman–Crippen MR) is 97.6 cm³/mol. The second kappa shape index (κ2) is 8.25. The molecule has 24 heavy (non-hydrogen) atoms. The normalized spacial score (nSPS) is 21.2. The standard InChI is InChI=1S/C22H25FO/c1-24-16-2-3-17-4-6-18(7-5-17)19-8-10-20(11-9-19)21-12-14-22(23)15-13-21/h2-3,8-15,17-18H,4-7,16H2,1H3. The first-order valence-corrected chi connectivity index (χ1v) is 8.78. The summed E-state index contributed by atoms with van der Waals surface area (Å²) in [5, 5.41) is 0. The van der Waals surface area contributed by atoms with E-state index in [4.69, 9.17) is 4.74 Å². The Balaban J connectivity index is 1.59. The molecule has 2 aromatic rings. The molecular weight excluding hydrogens is 299 g/mol. The molecule has 0 N–H and O–H groups in total. The van der Waals surface area contributed by atoms with Crippen LogP contribution in [0.4, 0.5) is 4.39 Å². The van der Waals surface area contributed by atoms with Crippen molar-refractivity contribution in [3.05, 3.63) is 72.1 Å². The third-order valence-corrected chi connectivity index (χ3v) is 5.00. The molecule has 0 heterocycles. The number of methoxy groups -OCH3 is 1. The number of ether oxygens (including phenoxy) is 1. The van der Waals surface area contributed by atoms with Crippen LogP contribution in [0.3, 0.4) is 0 Å². The summed E-state index contributed by atoms with van der Waals surface area (Å²) in [6, 6.07) is 15.5. The molecule has 2 aromatic carbocycles. The first-order chi connectivity index (χ1) is 11.8. The fraction of sp³-hybridized carbons (Fsp3) is 0.364. The van der Waals surface area contributed by atoms with Crippen molar-refractivity contribution in [1.82, 2.24) is 0 Å². The van der Waals surface area contributed by atoms with Gasteiger partial charge in [-0.1, -0.05) is 48.6 Å². The second-order valence-corrected chi connectivity index (χ2v) is 6.62. The highest BCUT2D eigenvalue weighted by Gasteiger charge is 2.20. The fourth-order valence-corrected chi connectivity index (χ4v) is 3.58. The molecule has 1 saturated carbocycles. The second-order valence-electron chi connectivity index (χ2n) is 6.62. The van der Waals surface area contributed by atoms with Crippen LogP contribution < -0.4 is 0 Å². The van der Waals surface area contributed by atoms with Crippen molar-refractivity contribution in [1.29, 1.82) is 0 Å². The van der Waals surface area contributed by atoms with Crippen LogP contribution >= 0.6 is 0 Å². The summed E-state index contributed by atoms with van der Waals surface area (Å²) in [6.07, 6.45) is 9.46. The molecule has 1 aliphatic rings. The highest BCUT2D eigenvalue weighted by Crippen LogP contribution is 2.36. The zero-order chi connectivity index (χ0) is 16.8. The summed E-state index contributed by atoms with van der Waals surface area (Å²) >= 11 is 0. The Morgan fingerprint density at radius 3 is 2.08 bits per heavy atom. The van der Waals surface area contributed by atoms with E-state index in [0.29, 0.717) is 18.4 Å². The molecule has 0 aromatic heterocycles. The van der Waals surface area contributed by atoms with Gasteiger partial charge in [-0.25, -0.2) is 4.39 Å². The lowest BCUT2D eigenvalue weighted by molar-refractivity contribution is 0.233. The number of hydrogen-bond acceptors (Lipinski definition) is 1. The van der Waals surface area contributed by atoms with Crippen molar-refractivity contribution in [3.63, 3.8) is 0 Å². The van der Waals surface area contributed by atoms with Gasteiger partial charge in [-0.15, -0.1) is 0 Å². The molecule has 0 saturated heterocycles. The van der Waals surface area contributed by atoms with E-state index in [9.17, 15) is 4.39 Å². The van der Waals surface area contributed by atoms with Crippen molar-refractivity contribution in [2.45, 2.75) is 31.6 Å². The van der Waals surface area contributed by atoms with E-state index in [-0.39, 0.29) is 5.82 Å². The Labute approximate surface area is 144 Å². The molecule has 0 amide bonds. The van der Waals surface area contributed by atoms with Crippen molar-refractivity contribution < 1.29 is 9.13 Å². The van der Waals surface area contributed by atoms with Gasteiger partial charge in [0.15, 0.2) is 0 Å². The summed E-state index contributed by atoms with van der Waals surface area (Å²) in [7, 11) is 1.73. The van der Waals surface area contributed by atoms with Gasteiger partial charge < -0.3 is 4.74 Å². The number of rotatable bonds is 5. The number of benzene rings is 2. The zero-order valence-electron chi connectivity index (χ0n) is 14.2. The summed E-state index contributed by atoms with van der Waals surface area (Å²) in [5.41, 5.74) is 3.64. The molecule has 2 heteroatoms. The molecule has 126 valence electrons. The molecule has 1 aliphatic carbocycles. The van der Waals surface area contributed by atoms with Gasteiger partial charge in [0.2, 0.25) is 0 Å². The first kappa shape index (κ1) is 16.9. The van der Waals surface area contributed by atoms with E-state index in [0.717, 1.165) is 11.1 Å². The van der Waals surface area contributed by atoms with Gasteiger partial charge in [-0.05, 0) is 66.3 Å². The molecular formula is C22H25FO. The summed E-state index contributed by atoms with van der Waals surface area (Å²) in [6.45, 7) is 0.713. The lowest BCUT2D eigenvalue weighted by atomic mass is 9.78. The number of hydrogen-bond donors (Lipinski definition) is 0. The molecule has 0 aliphatic heterocycles.